The van der Waals surface area contributed by atoms with Crippen LogP contribution in [-0.4, -0.2) is 22.0 Å². The number of aryl methyl sites for hydroxylation is 1. The van der Waals surface area contributed by atoms with Crippen molar-refractivity contribution < 1.29 is 19.1 Å². The molecule has 6 nitrogen and oxygen atoms in total. The van der Waals surface area contributed by atoms with E-state index in [1.165, 1.54) is 6.92 Å². The number of nitrogens with zero attached hydrogens (tertiary/aromatic N) is 1. The fraction of sp³-hybridized carbons (Fsp3) is 0.312. The molecule has 116 valence electrons. The summed E-state index contributed by atoms with van der Waals surface area (Å²) in [4.78, 5) is 26.1. The predicted octanol–water partition coefficient (Wildman–Crippen LogP) is 3.10. The van der Waals surface area contributed by atoms with Crippen molar-refractivity contribution in [3.63, 3.8) is 0 Å². The van der Waals surface area contributed by atoms with Crippen molar-refractivity contribution in [1.82, 2.24) is 4.98 Å². The number of rotatable bonds is 7. The highest BCUT2D eigenvalue weighted by atomic mass is 16.4. The zero-order valence-corrected chi connectivity index (χ0v) is 12.3. The molecule has 0 bridgehead atoms. The van der Waals surface area contributed by atoms with Crippen LogP contribution in [0.5, 0.6) is 0 Å². The van der Waals surface area contributed by atoms with E-state index < -0.39 is 5.97 Å². The summed E-state index contributed by atoms with van der Waals surface area (Å²) in [5.41, 5.74) is 2.12. The van der Waals surface area contributed by atoms with Crippen molar-refractivity contribution in [2.45, 2.75) is 32.6 Å². The number of amides is 1. The SMILES string of the molecule is CC(=O)Nc1ccccc1-c1coc(CCCCC(=O)O)n1. The highest BCUT2D eigenvalue weighted by Gasteiger charge is 2.11. The van der Waals surface area contributed by atoms with Gasteiger partial charge in [0.15, 0.2) is 5.89 Å². The smallest absolute Gasteiger partial charge is 0.303 e. The molecule has 1 heterocycles. The first-order chi connectivity index (χ1) is 10.6. The minimum atomic E-state index is -0.794. The number of carbonyl (C=O) groups is 2. The van der Waals surface area contributed by atoms with Crippen LogP contribution in [0.15, 0.2) is 34.9 Å². The number of hydrogen-bond acceptors (Lipinski definition) is 4. The Labute approximate surface area is 128 Å². The molecule has 0 unspecified atom stereocenters. The zero-order chi connectivity index (χ0) is 15.9. The van der Waals surface area contributed by atoms with Gasteiger partial charge in [-0.3, -0.25) is 9.59 Å². The van der Waals surface area contributed by atoms with Crippen LogP contribution in [-0.2, 0) is 16.0 Å². The third-order valence-corrected chi connectivity index (χ3v) is 3.10. The molecule has 0 aliphatic carbocycles. The van der Waals surface area contributed by atoms with Crippen molar-refractivity contribution in [2.24, 2.45) is 0 Å². The van der Waals surface area contributed by atoms with Gasteiger partial charge >= 0.3 is 5.97 Å². The summed E-state index contributed by atoms with van der Waals surface area (Å²) in [5, 5.41) is 11.4. The number of carboxylic acids is 1. The fourth-order valence-electron chi connectivity index (χ4n) is 2.11. The molecule has 2 rings (SSSR count). The minimum absolute atomic E-state index is 0.148. The molecule has 6 heteroatoms. The van der Waals surface area contributed by atoms with Gasteiger partial charge in [-0.25, -0.2) is 4.98 Å². The highest BCUT2D eigenvalue weighted by Crippen LogP contribution is 2.27. The summed E-state index contributed by atoms with van der Waals surface area (Å²) in [6.45, 7) is 1.45. The standard InChI is InChI=1S/C16H18N2O4/c1-11(19)17-13-7-3-2-6-12(13)14-10-22-15(18-14)8-4-5-9-16(20)21/h2-3,6-7,10H,4-5,8-9H2,1H3,(H,17,19)(H,20,21). The van der Waals surface area contributed by atoms with E-state index in [9.17, 15) is 9.59 Å². The fourth-order valence-corrected chi connectivity index (χ4v) is 2.11. The average Bonchev–Trinajstić information content (AvgIpc) is 2.92. The van der Waals surface area contributed by atoms with Crippen molar-refractivity contribution in [1.29, 1.82) is 0 Å². The molecule has 1 aromatic carbocycles. The lowest BCUT2D eigenvalue weighted by molar-refractivity contribution is -0.137. The Kier molecular flexibility index (Phi) is 5.30. The molecule has 0 saturated carbocycles. The molecule has 2 aromatic rings. The Balaban J connectivity index is 2.05. The minimum Gasteiger partial charge on any atom is -0.481 e. The van der Waals surface area contributed by atoms with Crippen LogP contribution in [0, 0.1) is 0 Å². The number of oxazole rings is 1. The lowest BCUT2D eigenvalue weighted by Crippen LogP contribution is -2.06. The van der Waals surface area contributed by atoms with Gasteiger partial charge < -0.3 is 14.8 Å². The Morgan fingerprint density at radius 3 is 2.77 bits per heavy atom. The number of unbranched alkanes of at least 4 members (excludes halogenated alkanes) is 1. The number of aromatic nitrogens is 1. The largest absolute Gasteiger partial charge is 0.481 e. The van der Waals surface area contributed by atoms with Gasteiger partial charge in [0.2, 0.25) is 5.91 Å². The Morgan fingerprint density at radius 2 is 2.05 bits per heavy atom. The second-order valence-corrected chi connectivity index (χ2v) is 4.95. The first kappa shape index (κ1) is 15.8. The van der Waals surface area contributed by atoms with Gasteiger partial charge in [0.25, 0.3) is 0 Å². The van der Waals surface area contributed by atoms with Crippen LogP contribution in [0.3, 0.4) is 0 Å². The quantitative estimate of drug-likeness (QED) is 0.767. The molecule has 0 aliphatic heterocycles. The molecule has 22 heavy (non-hydrogen) atoms. The highest BCUT2D eigenvalue weighted by molar-refractivity contribution is 5.93. The summed E-state index contributed by atoms with van der Waals surface area (Å²) in [5.74, 6) is -0.375. The van der Waals surface area contributed by atoms with E-state index in [1.807, 2.05) is 18.2 Å². The third kappa shape index (κ3) is 4.44. The normalized spacial score (nSPS) is 10.4. The van der Waals surface area contributed by atoms with Crippen LogP contribution in [0.25, 0.3) is 11.3 Å². The molecule has 0 fully saturated rings. The van der Waals surface area contributed by atoms with Gasteiger partial charge in [-0.1, -0.05) is 18.2 Å². The second kappa shape index (κ2) is 7.40. The first-order valence-electron chi connectivity index (χ1n) is 7.09. The van der Waals surface area contributed by atoms with Crippen LogP contribution in [0.4, 0.5) is 5.69 Å². The van der Waals surface area contributed by atoms with Crippen LogP contribution < -0.4 is 5.32 Å². The monoisotopic (exact) mass is 302 g/mol. The molecule has 2 N–H and O–H groups in total. The predicted molar refractivity (Wildman–Crippen MR) is 81.4 cm³/mol. The number of carbonyl (C=O) groups excluding carboxylic acids is 1. The number of para-hydroxylation sites is 1. The summed E-state index contributed by atoms with van der Waals surface area (Å²) >= 11 is 0. The number of aliphatic carboxylic acids is 1. The van der Waals surface area contributed by atoms with Gasteiger partial charge in [0.1, 0.15) is 12.0 Å². The number of hydrogen-bond donors (Lipinski definition) is 2. The van der Waals surface area contributed by atoms with E-state index in [4.69, 9.17) is 9.52 Å². The molecular weight excluding hydrogens is 284 g/mol. The summed E-state index contributed by atoms with van der Waals surface area (Å²) in [7, 11) is 0. The van der Waals surface area contributed by atoms with Gasteiger partial charge in [0.05, 0.1) is 5.69 Å². The van der Waals surface area contributed by atoms with Gasteiger partial charge in [-0.15, -0.1) is 0 Å². The molecule has 1 aromatic heterocycles. The molecule has 0 saturated heterocycles. The van der Waals surface area contributed by atoms with Gasteiger partial charge in [-0.05, 0) is 18.9 Å². The summed E-state index contributed by atoms with van der Waals surface area (Å²) in [6, 6.07) is 7.36. The number of benzene rings is 1. The molecule has 0 radical (unpaired) electrons. The van der Waals surface area contributed by atoms with Crippen molar-refractivity contribution in [2.75, 3.05) is 5.32 Å². The van der Waals surface area contributed by atoms with Crippen LogP contribution in [0.1, 0.15) is 32.1 Å². The van der Waals surface area contributed by atoms with Gasteiger partial charge in [-0.2, -0.15) is 0 Å². The lowest BCUT2D eigenvalue weighted by Gasteiger charge is -2.06. The van der Waals surface area contributed by atoms with Crippen molar-refractivity contribution >= 4 is 17.6 Å². The molecule has 0 atom stereocenters. The Hall–Kier alpha value is -2.63. The maximum Gasteiger partial charge on any atom is 0.303 e. The number of anilines is 1. The number of nitrogens with one attached hydrogen (secondary N) is 1. The van der Waals surface area contributed by atoms with E-state index in [1.54, 1.807) is 12.3 Å². The average molecular weight is 302 g/mol. The topological polar surface area (TPSA) is 92.4 Å². The summed E-state index contributed by atoms with van der Waals surface area (Å²) < 4.78 is 5.41. The van der Waals surface area contributed by atoms with Gasteiger partial charge in [0, 0.05) is 25.3 Å². The van der Waals surface area contributed by atoms with E-state index >= 15 is 0 Å². The molecule has 0 aliphatic rings. The van der Waals surface area contributed by atoms with Crippen LogP contribution in [0.2, 0.25) is 0 Å². The van der Waals surface area contributed by atoms with E-state index in [0.29, 0.717) is 36.5 Å². The lowest BCUT2D eigenvalue weighted by atomic mass is 10.1. The first-order valence-corrected chi connectivity index (χ1v) is 7.09. The summed E-state index contributed by atoms with van der Waals surface area (Å²) in [6.07, 6.45) is 3.59. The van der Waals surface area contributed by atoms with Crippen molar-refractivity contribution in [3.05, 3.63) is 36.4 Å². The third-order valence-electron chi connectivity index (χ3n) is 3.10. The molecular formula is C16H18N2O4. The van der Waals surface area contributed by atoms with E-state index in [2.05, 4.69) is 10.3 Å². The van der Waals surface area contributed by atoms with E-state index in [0.717, 1.165) is 5.56 Å². The maximum atomic E-state index is 11.2. The second-order valence-electron chi connectivity index (χ2n) is 4.95. The number of carboxylic acid groups (broad SMARTS) is 1. The zero-order valence-electron chi connectivity index (χ0n) is 12.3. The molecule has 1 amide bonds. The van der Waals surface area contributed by atoms with E-state index in [-0.39, 0.29) is 12.3 Å². The van der Waals surface area contributed by atoms with Crippen LogP contribution >= 0.6 is 0 Å². The Bertz CT molecular complexity index is 664. The molecule has 0 spiro atoms. The Morgan fingerprint density at radius 1 is 1.27 bits per heavy atom. The maximum absolute atomic E-state index is 11.2. The van der Waals surface area contributed by atoms with Crippen molar-refractivity contribution in [3.8, 4) is 11.3 Å².